The van der Waals surface area contributed by atoms with Crippen molar-refractivity contribution in [1.82, 2.24) is 0 Å². The Morgan fingerprint density at radius 2 is 2.10 bits per heavy atom. The predicted molar refractivity (Wildman–Crippen MR) is 82.6 cm³/mol. The largest absolute Gasteiger partial charge is 0.492 e. The lowest BCUT2D eigenvalue weighted by Gasteiger charge is -2.10. The Hall–Kier alpha value is -1.53. The van der Waals surface area contributed by atoms with Gasteiger partial charge in [-0.05, 0) is 24.6 Å². The predicted octanol–water partition coefficient (Wildman–Crippen LogP) is 2.64. The van der Waals surface area contributed by atoms with Gasteiger partial charge < -0.3 is 9.84 Å². The lowest BCUT2D eigenvalue weighted by molar-refractivity contribution is -0.131. The summed E-state index contributed by atoms with van der Waals surface area (Å²) in [6.45, 7) is 1.79. The van der Waals surface area contributed by atoms with Gasteiger partial charge in [0.05, 0.1) is 16.5 Å². The molecule has 0 atom stereocenters. The van der Waals surface area contributed by atoms with Crippen molar-refractivity contribution in [3.63, 3.8) is 0 Å². The van der Waals surface area contributed by atoms with Gasteiger partial charge in [0.2, 0.25) is 0 Å². The van der Waals surface area contributed by atoms with E-state index in [4.69, 9.17) is 21.4 Å². The van der Waals surface area contributed by atoms with Crippen LogP contribution < -0.4 is 4.74 Å². The lowest BCUT2D eigenvalue weighted by atomic mass is 10.2. The molecule has 0 bridgehead atoms. The molecule has 0 radical (unpaired) electrons. The molecule has 0 aromatic heterocycles. The molecule has 0 aliphatic heterocycles. The SMILES string of the molecule is CCCS(=O)(=O)CCOc1cccc(Cl)c1/C=C/C(=O)O. The van der Waals surface area contributed by atoms with E-state index in [0.717, 1.165) is 6.08 Å². The van der Waals surface area contributed by atoms with Crippen LogP contribution in [-0.4, -0.2) is 37.6 Å². The number of aliphatic carboxylic acids is 1. The Kier molecular flexibility index (Phi) is 6.71. The van der Waals surface area contributed by atoms with Gasteiger partial charge in [0.15, 0.2) is 9.84 Å². The first kappa shape index (κ1) is 17.5. The van der Waals surface area contributed by atoms with Gasteiger partial charge in [-0.15, -0.1) is 0 Å². The van der Waals surface area contributed by atoms with Gasteiger partial charge in [0.1, 0.15) is 12.4 Å². The van der Waals surface area contributed by atoms with Gasteiger partial charge in [0.25, 0.3) is 0 Å². The molecule has 0 heterocycles. The second kappa shape index (κ2) is 8.05. The summed E-state index contributed by atoms with van der Waals surface area (Å²) < 4.78 is 28.6. The van der Waals surface area contributed by atoms with E-state index in [1.807, 2.05) is 0 Å². The third-order valence-corrected chi connectivity index (χ3v) is 4.72. The number of carbonyl (C=O) groups is 1. The zero-order valence-electron chi connectivity index (χ0n) is 11.6. The summed E-state index contributed by atoms with van der Waals surface area (Å²) in [5.74, 6) is -0.717. The van der Waals surface area contributed by atoms with Crippen LogP contribution in [0.3, 0.4) is 0 Å². The quantitative estimate of drug-likeness (QED) is 0.740. The first-order valence-corrected chi connectivity index (χ1v) is 8.58. The number of carboxylic acids is 1. The maximum Gasteiger partial charge on any atom is 0.328 e. The third kappa shape index (κ3) is 6.18. The highest BCUT2D eigenvalue weighted by molar-refractivity contribution is 7.91. The second-order valence-electron chi connectivity index (χ2n) is 4.32. The van der Waals surface area contributed by atoms with E-state index in [9.17, 15) is 13.2 Å². The number of halogens is 1. The fraction of sp³-hybridized carbons (Fsp3) is 0.357. The van der Waals surface area contributed by atoms with Crippen molar-refractivity contribution < 1.29 is 23.1 Å². The molecule has 1 rings (SSSR count). The van der Waals surface area contributed by atoms with E-state index in [0.29, 0.717) is 22.8 Å². The van der Waals surface area contributed by atoms with E-state index in [1.165, 1.54) is 6.08 Å². The minimum atomic E-state index is -3.12. The van der Waals surface area contributed by atoms with Crippen LogP contribution in [0.2, 0.25) is 5.02 Å². The molecule has 0 saturated carbocycles. The minimum absolute atomic E-state index is 0.00339. The molecule has 0 aliphatic carbocycles. The minimum Gasteiger partial charge on any atom is -0.492 e. The summed E-state index contributed by atoms with van der Waals surface area (Å²) >= 11 is 5.99. The molecular weight excluding hydrogens is 316 g/mol. The van der Waals surface area contributed by atoms with Gasteiger partial charge in [0, 0.05) is 11.6 Å². The molecule has 0 spiro atoms. The topological polar surface area (TPSA) is 80.7 Å². The maximum atomic E-state index is 11.6. The molecule has 116 valence electrons. The van der Waals surface area contributed by atoms with Crippen LogP contribution >= 0.6 is 11.6 Å². The highest BCUT2D eigenvalue weighted by Gasteiger charge is 2.11. The van der Waals surface area contributed by atoms with Gasteiger partial charge >= 0.3 is 5.97 Å². The van der Waals surface area contributed by atoms with Gasteiger partial charge in [-0.3, -0.25) is 0 Å². The van der Waals surface area contributed by atoms with Gasteiger partial charge in [-0.2, -0.15) is 0 Å². The standard InChI is InChI=1S/C14H17ClO5S/c1-2-9-21(18,19)10-8-20-13-5-3-4-12(15)11(13)6-7-14(16)17/h3-7H,2,8-10H2,1H3,(H,16,17)/b7-6+. The van der Waals surface area contributed by atoms with Crippen LogP contribution in [0.5, 0.6) is 5.75 Å². The van der Waals surface area contributed by atoms with Crippen LogP contribution in [0.15, 0.2) is 24.3 Å². The summed E-state index contributed by atoms with van der Waals surface area (Å²) in [6.07, 6.45) is 2.83. The number of sulfone groups is 1. The summed E-state index contributed by atoms with van der Waals surface area (Å²) in [7, 11) is -3.12. The molecule has 0 aliphatic rings. The summed E-state index contributed by atoms with van der Waals surface area (Å²) in [4.78, 5) is 10.6. The molecule has 21 heavy (non-hydrogen) atoms. The monoisotopic (exact) mass is 332 g/mol. The first-order valence-electron chi connectivity index (χ1n) is 6.38. The normalized spacial score (nSPS) is 11.7. The van der Waals surface area contributed by atoms with Crippen LogP contribution in [0.1, 0.15) is 18.9 Å². The molecular formula is C14H17ClO5S. The van der Waals surface area contributed by atoms with Crippen molar-refractivity contribution in [3.8, 4) is 5.75 Å². The smallest absolute Gasteiger partial charge is 0.328 e. The zero-order valence-corrected chi connectivity index (χ0v) is 13.2. The Bertz CT molecular complexity index is 622. The van der Waals surface area contributed by atoms with E-state index in [-0.39, 0.29) is 18.1 Å². The van der Waals surface area contributed by atoms with E-state index < -0.39 is 15.8 Å². The Morgan fingerprint density at radius 3 is 2.71 bits per heavy atom. The van der Waals surface area contributed by atoms with Crippen molar-refractivity contribution >= 4 is 33.5 Å². The molecule has 1 N–H and O–H groups in total. The summed E-state index contributed by atoms with van der Waals surface area (Å²) in [5, 5.41) is 8.98. The molecule has 0 unspecified atom stereocenters. The first-order chi connectivity index (χ1) is 9.85. The average Bonchev–Trinajstić information content (AvgIpc) is 2.37. The molecule has 1 aromatic carbocycles. The highest BCUT2D eigenvalue weighted by Crippen LogP contribution is 2.27. The maximum absolute atomic E-state index is 11.6. The molecule has 0 fully saturated rings. The number of ether oxygens (including phenoxy) is 1. The Morgan fingerprint density at radius 1 is 1.38 bits per heavy atom. The van der Waals surface area contributed by atoms with Crippen LogP contribution in [0, 0.1) is 0 Å². The van der Waals surface area contributed by atoms with Crippen molar-refractivity contribution in [2.75, 3.05) is 18.1 Å². The van der Waals surface area contributed by atoms with Crippen molar-refractivity contribution in [2.24, 2.45) is 0 Å². The Balaban J connectivity index is 2.80. The zero-order chi connectivity index (χ0) is 15.9. The lowest BCUT2D eigenvalue weighted by Crippen LogP contribution is -2.17. The fourth-order valence-electron chi connectivity index (χ4n) is 1.65. The molecule has 7 heteroatoms. The third-order valence-electron chi connectivity index (χ3n) is 2.57. The number of benzene rings is 1. The van der Waals surface area contributed by atoms with Gasteiger partial charge in [-0.1, -0.05) is 24.6 Å². The van der Waals surface area contributed by atoms with Crippen LogP contribution in [0.25, 0.3) is 6.08 Å². The van der Waals surface area contributed by atoms with E-state index in [2.05, 4.69) is 0 Å². The van der Waals surface area contributed by atoms with Crippen LogP contribution in [-0.2, 0) is 14.6 Å². The fourth-order valence-corrected chi connectivity index (χ4v) is 3.04. The van der Waals surface area contributed by atoms with Crippen LogP contribution in [0.4, 0.5) is 0 Å². The van der Waals surface area contributed by atoms with E-state index >= 15 is 0 Å². The molecule has 0 saturated heterocycles. The average molecular weight is 333 g/mol. The van der Waals surface area contributed by atoms with Crippen molar-refractivity contribution in [2.45, 2.75) is 13.3 Å². The van der Waals surface area contributed by atoms with Crippen molar-refractivity contribution in [1.29, 1.82) is 0 Å². The summed E-state index contributed by atoms with van der Waals surface area (Å²) in [5.41, 5.74) is 0.412. The molecule has 0 amide bonds. The van der Waals surface area contributed by atoms with Crippen molar-refractivity contribution in [3.05, 3.63) is 34.9 Å². The molecule has 1 aromatic rings. The number of rotatable bonds is 8. The number of hydrogen-bond donors (Lipinski definition) is 1. The molecule has 5 nitrogen and oxygen atoms in total. The number of hydrogen-bond acceptors (Lipinski definition) is 4. The van der Waals surface area contributed by atoms with Gasteiger partial charge in [-0.25, -0.2) is 13.2 Å². The number of carboxylic acid groups (broad SMARTS) is 1. The Labute approximate surface area is 129 Å². The van der Waals surface area contributed by atoms with E-state index in [1.54, 1.807) is 25.1 Å². The highest BCUT2D eigenvalue weighted by atomic mass is 35.5. The second-order valence-corrected chi connectivity index (χ2v) is 7.03. The summed E-state index contributed by atoms with van der Waals surface area (Å²) in [6, 6.07) is 4.86.